The van der Waals surface area contributed by atoms with Crippen LogP contribution in [0.25, 0.3) is 0 Å². The van der Waals surface area contributed by atoms with Crippen molar-refractivity contribution in [3.8, 4) is 0 Å². The molecule has 3 heterocycles. The zero-order chi connectivity index (χ0) is 27.7. The Hall–Kier alpha value is -0.500. The number of rotatable bonds is 23. The van der Waals surface area contributed by atoms with Crippen LogP contribution in [-0.2, 0) is 27.9 Å². The monoisotopic (exact) mass is 562 g/mol. The number of carbonyl (C=O) groups is 1. The van der Waals surface area contributed by atoms with Gasteiger partial charge in [0.15, 0.2) is 0 Å². The van der Waals surface area contributed by atoms with Crippen LogP contribution in [0.1, 0.15) is 123 Å². The minimum atomic E-state index is -4.27. The van der Waals surface area contributed by atoms with Gasteiger partial charge in [-0.3, -0.25) is 13.8 Å². The molecule has 0 aromatic heterocycles. The Morgan fingerprint density at radius 2 is 1.32 bits per heavy atom. The Morgan fingerprint density at radius 3 is 1.79 bits per heavy atom. The number of quaternary nitrogens is 1. The highest BCUT2D eigenvalue weighted by atomic mass is 31.2. The molecule has 0 aliphatic carbocycles. The minimum Gasteiger partial charge on any atom is -0.458 e. The smallest absolute Gasteiger partial charge is 0.458 e. The second-order valence-corrected chi connectivity index (χ2v) is 13.4. The van der Waals surface area contributed by atoms with E-state index in [2.05, 4.69) is 14.0 Å². The molecule has 3 aliphatic heterocycles. The van der Waals surface area contributed by atoms with Crippen LogP contribution in [0.4, 0.5) is 0 Å². The Kier molecular flexibility index (Phi) is 16.0. The molecule has 0 spiro atoms. The quantitative estimate of drug-likeness (QED) is 0.0625. The van der Waals surface area contributed by atoms with Gasteiger partial charge in [0.05, 0.1) is 45.5 Å². The lowest BCUT2D eigenvalue weighted by molar-refractivity contribution is -0.926. The molecule has 0 saturated carbocycles. The summed E-state index contributed by atoms with van der Waals surface area (Å²) in [5, 5.41) is 0. The molecule has 2 atom stereocenters. The van der Waals surface area contributed by atoms with Gasteiger partial charge in [-0.2, -0.15) is 0 Å². The van der Waals surface area contributed by atoms with E-state index in [-0.39, 0.29) is 13.2 Å². The van der Waals surface area contributed by atoms with E-state index in [0.29, 0.717) is 6.61 Å². The zero-order valence-electron chi connectivity index (χ0n) is 24.6. The van der Waals surface area contributed by atoms with E-state index in [1.807, 2.05) is 0 Å². The van der Waals surface area contributed by atoms with Crippen LogP contribution in [0.15, 0.2) is 0 Å². The third-order valence-corrected chi connectivity index (χ3v) is 9.43. The molecule has 9 heteroatoms. The maximum atomic E-state index is 12.7. The highest BCUT2D eigenvalue weighted by Gasteiger charge is 2.51. The number of esters is 1. The highest BCUT2D eigenvalue weighted by Crippen LogP contribution is 2.53. The molecule has 0 amide bonds. The van der Waals surface area contributed by atoms with E-state index in [0.717, 1.165) is 56.2 Å². The summed E-state index contributed by atoms with van der Waals surface area (Å²) < 4.78 is 35.6. The Morgan fingerprint density at radius 1 is 0.842 bits per heavy atom. The first-order valence-corrected chi connectivity index (χ1v) is 16.9. The van der Waals surface area contributed by atoms with Gasteiger partial charge in [0.1, 0.15) is 6.10 Å². The van der Waals surface area contributed by atoms with E-state index in [9.17, 15) is 14.3 Å². The fourth-order valence-electron chi connectivity index (χ4n) is 5.68. The third-order valence-electron chi connectivity index (χ3n) is 8.33. The number of carbonyl (C=O) groups excluding carboxylic acids is 1. The van der Waals surface area contributed by atoms with E-state index < -0.39 is 25.5 Å². The summed E-state index contributed by atoms with van der Waals surface area (Å²) in [5.41, 5.74) is -0.582. The maximum Gasteiger partial charge on any atom is 0.472 e. The molecule has 3 saturated heterocycles. The van der Waals surface area contributed by atoms with Gasteiger partial charge in [-0.05, 0) is 6.42 Å². The SMILES string of the molecule is CCCCCCCCCCCCCCCCOCC(COP(=O)(O)OC12CC[N+](C)(CC1)CC2)OC(C)=O. The summed E-state index contributed by atoms with van der Waals surface area (Å²) in [4.78, 5) is 21.9. The number of phosphoric acid groups is 1. The maximum absolute atomic E-state index is 12.7. The van der Waals surface area contributed by atoms with Gasteiger partial charge in [0.2, 0.25) is 0 Å². The molecule has 0 aromatic carbocycles. The summed E-state index contributed by atoms with van der Waals surface area (Å²) in [6.07, 6.45) is 19.8. The number of ether oxygens (including phenoxy) is 2. The van der Waals surface area contributed by atoms with Gasteiger partial charge in [-0.15, -0.1) is 0 Å². The second kappa shape index (κ2) is 18.0. The van der Waals surface area contributed by atoms with Gasteiger partial charge in [-0.1, -0.05) is 90.4 Å². The molecule has 1 N–H and O–H groups in total. The summed E-state index contributed by atoms with van der Waals surface area (Å²) in [6.45, 7) is 6.90. The molecule has 224 valence electrons. The van der Waals surface area contributed by atoms with Crippen molar-refractivity contribution >= 4 is 13.8 Å². The van der Waals surface area contributed by atoms with Crippen LogP contribution in [0.2, 0.25) is 0 Å². The molecule has 38 heavy (non-hydrogen) atoms. The Bertz CT molecular complexity index is 680. The number of hydrogen-bond acceptors (Lipinski definition) is 6. The predicted octanol–water partition coefficient (Wildman–Crippen LogP) is 6.93. The van der Waals surface area contributed by atoms with Gasteiger partial charge in [0.25, 0.3) is 0 Å². The highest BCUT2D eigenvalue weighted by molar-refractivity contribution is 7.47. The third kappa shape index (κ3) is 14.2. The molecular formula is C29H57NO7P+. The average molecular weight is 563 g/mol. The number of unbranched alkanes of at least 4 members (excludes halogenated alkanes) is 13. The molecule has 0 aromatic rings. The van der Waals surface area contributed by atoms with Crippen molar-refractivity contribution in [3.05, 3.63) is 0 Å². The first-order chi connectivity index (χ1) is 18.2. The topological polar surface area (TPSA) is 91.3 Å². The van der Waals surface area contributed by atoms with E-state index in [1.165, 1.54) is 84.0 Å². The second-order valence-electron chi connectivity index (χ2n) is 12.0. The summed E-state index contributed by atoms with van der Waals surface area (Å²) in [6, 6.07) is 0. The lowest BCUT2D eigenvalue weighted by Crippen LogP contribution is -2.62. The van der Waals surface area contributed by atoms with Gasteiger partial charge < -0.3 is 18.9 Å². The van der Waals surface area contributed by atoms with Crippen molar-refractivity contribution in [2.24, 2.45) is 0 Å². The molecule has 2 unspecified atom stereocenters. The molecule has 8 nitrogen and oxygen atoms in total. The Balaban J connectivity index is 1.50. The van der Waals surface area contributed by atoms with Crippen LogP contribution in [0.3, 0.4) is 0 Å². The van der Waals surface area contributed by atoms with E-state index >= 15 is 0 Å². The van der Waals surface area contributed by atoms with Gasteiger partial charge >= 0.3 is 13.8 Å². The van der Waals surface area contributed by atoms with E-state index in [4.69, 9.17) is 18.5 Å². The van der Waals surface area contributed by atoms with Crippen LogP contribution in [0.5, 0.6) is 0 Å². The normalized spacial score (nSPS) is 25.3. The van der Waals surface area contributed by atoms with Crippen LogP contribution >= 0.6 is 7.82 Å². The van der Waals surface area contributed by atoms with Crippen molar-refractivity contribution < 1.29 is 37.3 Å². The van der Waals surface area contributed by atoms with Crippen LogP contribution < -0.4 is 0 Å². The summed E-state index contributed by atoms with van der Waals surface area (Å²) >= 11 is 0. The number of nitrogens with zero attached hydrogens (tertiary/aromatic N) is 1. The van der Waals surface area contributed by atoms with Crippen molar-refractivity contribution in [1.29, 1.82) is 0 Å². The van der Waals surface area contributed by atoms with Gasteiger partial charge in [-0.25, -0.2) is 4.57 Å². The van der Waals surface area contributed by atoms with E-state index in [1.54, 1.807) is 0 Å². The minimum absolute atomic E-state index is 0.138. The fraction of sp³-hybridized carbons (Fsp3) is 0.966. The first kappa shape index (κ1) is 33.7. The first-order valence-electron chi connectivity index (χ1n) is 15.4. The standard InChI is InChI=1S/C29H56NO7P/c1-4-5-6-7-8-9-10-11-12-13-14-15-16-17-24-34-25-28(36-27(2)31)26-35-38(32,33)37-29-18-21-30(3,22-19-29)23-20-29/h28H,4-26H2,1-3H3/p+1. The predicted molar refractivity (Wildman–Crippen MR) is 151 cm³/mol. The number of hydrogen-bond donors (Lipinski definition) is 1. The molecule has 3 rings (SSSR count). The lowest BCUT2D eigenvalue weighted by Gasteiger charge is -2.52. The van der Waals surface area contributed by atoms with Crippen LogP contribution in [0, 0.1) is 0 Å². The molecule has 3 fully saturated rings. The van der Waals surface area contributed by atoms with Crippen molar-refractivity contribution in [2.75, 3.05) is 46.5 Å². The van der Waals surface area contributed by atoms with Crippen molar-refractivity contribution in [1.82, 2.24) is 0 Å². The van der Waals surface area contributed by atoms with Gasteiger partial charge in [0, 0.05) is 32.8 Å². The zero-order valence-corrected chi connectivity index (χ0v) is 25.5. The molecule has 2 bridgehead atoms. The van der Waals surface area contributed by atoms with Crippen molar-refractivity contribution in [2.45, 2.75) is 135 Å². The van der Waals surface area contributed by atoms with Crippen LogP contribution in [-0.4, -0.2) is 73.6 Å². The lowest BCUT2D eigenvalue weighted by atomic mass is 9.82. The van der Waals surface area contributed by atoms with Crippen molar-refractivity contribution in [3.63, 3.8) is 0 Å². The summed E-state index contributed by atoms with van der Waals surface area (Å²) in [5.74, 6) is -0.470. The molecular weight excluding hydrogens is 505 g/mol. The molecule has 3 aliphatic rings. The number of phosphoric ester groups is 1. The fourth-order valence-corrected chi connectivity index (χ4v) is 6.85. The molecule has 0 radical (unpaired) electrons. The summed E-state index contributed by atoms with van der Waals surface area (Å²) in [7, 11) is -2.04. The Labute approximate surface area is 232 Å². The number of piperidine rings is 3. The number of fused-ring (bicyclic) bond motifs is 3. The largest absolute Gasteiger partial charge is 0.472 e. The average Bonchev–Trinajstić information content (AvgIpc) is 2.87.